The lowest BCUT2D eigenvalue weighted by Gasteiger charge is -2.14. The summed E-state index contributed by atoms with van der Waals surface area (Å²) in [5.41, 5.74) is 3.55. The third-order valence-electron chi connectivity index (χ3n) is 5.28. The molecule has 5 heteroatoms. The number of hydrogen-bond acceptors (Lipinski definition) is 4. The molecule has 4 nitrogen and oxygen atoms in total. The first-order chi connectivity index (χ1) is 16.1. The molecule has 4 rings (SSSR count). The van der Waals surface area contributed by atoms with E-state index < -0.39 is 0 Å². The van der Waals surface area contributed by atoms with Crippen molar-refractivity contribution in [1.82, 2.24) is 0 Å². The molecule has 0 aliphatic rings. The molecule has 0 fully saturated rings. The maximum atomic E-state index is 9.83. The maximum absolute atomic E-state index is 9.83. The summed E-state index contributed by atoms with van der Waals surface area (Å²) >= 11 is 3.59. The molecule has 4 aromatic rings. The summed E-state index contributed by atoms with van der Waals surface area (Å²) in [5.74, 6) is 1.08. The van der Waals surface area contributed by atoms with Crippen LogP contribution in [0.15, 0.2) is 83.3 Å². The standard InChI is InChI=1S/C28H19BrN2O2/c1-32-27-14-24(13-25(17-31)21-11-10-19-6-2-3-7-20(19)12-21)26(29)15-28(27)33-18-23-9-5-4-8-22(23)16-30/h2-15H,18H2,1H3/b25-13-. The van der Waals surface area contributed by atoms with Crippen LogP contribution in [0.3, 0.4) is 0 Å². The van der Waals surface area contributed by atoms with Gasteiger partial charge in [0.1, 0.15) is 6.61 Å². The highest BCUT2D eigenvalue weighted by atomic mass is 79.9. The molecule has 0 aliphatic heterocycles. The van der Waals surface area contributed by atoms with Crippen LogP contribution in [0.25, 0.3) is 22.4 Å². The van der Waals surface area contributed by atoms with Gasteiger partial charge in [-0.2, -0.15) is 10.5 Å². The quantitative estimate of drug-likeness (QED) is 0.211. The smallest absolute Gasteiger partial charge is 0.162 e. The molecule has 0 amide bonds. The maximum Gasteiger partial charge on any atom is 0.162 e. The van der Waals surface area contributed by atoms with Crippen molar-refractivity contribution in [3.63, 3.8) is 0 Å². The molecule has 0 radical (unpaired) electrons. The number of halogens is 1. The fourth-order valence-electron chi connectivity index (χ4n) is 3.54. The zero-order valence-corrected chi connectivity index (χ0v) is 19.5. The summed E-state index contributed by atoms with van der Waals surface area (Å²) in [5, 5.41) is 21.3. The Labute approximate surface area is 201 Å². The third kappa shape index (κ3) is 4.90. The summed E-state index contributed by atoms with van der Waals surface area (Å²) < 4.78 is 12.3. The molecule has 0 heterocycles. The highest BCUT2D eigenvalue weighted by Gasteiger charge is 2.12. The Kier molecular flexibility index (Phi) is 6.74. The Hall–Kier alpha value is -4.06. The molecule has 0 unspecified atom stereocenters. The van der Waals surface area contributed by atoms with E-state index in [-0.39, 0.29) is 6.61 Å². The van der Waals surface area contributed by atoms with Crippen molar-refractivity contribution in [2.45, 2.75) is 6.61 Å². The average molecular weight is 495 g/mol. The average Bonchev–Trinajstić information content (AvgIpc) is 2.86. The summed E-state index contributed by atoms with van der Waals surface area (Å²) in [6, 6.07) is 29.5. The van der Waals surface area contributed by atoms with Crippen LogP contribution >= 0.6 is 15.9 Å². The van der Waals surface area contributed by atoms with Crippen molar-refractivity contribution in [3.05, 3.63) is 106 Å². The molecule has 0 atom stereocenters. The van der Waals surface area contributed by atoms with Crippen molar-refractivity contribution in [2.75, 3.05) is 7.11 Å². The fourth-order valence-corrected chi connectivity index (χ4v) is 3.97. The van der Waals surface area contributed by atoms with Crippen LogP contribution in [0, 0.1) is 22.7 Å². The molecule has 0 N–H and O–H groups in total. The first-order valence-electron chi connectivity index (χ1n) is 10.2. The second-order valence-electron chi connectivity index (χ2n) is 7.31. The predicted octanol–water partition coefficient (Wildman–Crippen LogP) is 7.13. The lowest BCUT2D eigenvalue weighted by molar-refractivity contribution is 0.284. The molecule has 0 aromatic heterocycles. The summed E-state index contributed by atoms with van der Waals surface area (Å²) in [4.78, 5) is 0. The second-order valence-corrected chi connectivity index (χ2v) is 8.17. The van der Waals surface area contributed by atoms with E-state index in [1.807, 2.05) is 78.9 Å². The number of nitriles is 2. The summed E-state index contributed by atoms with van der Waals surface area (Å²) in [6.45, 7) is 0.238. The van der Waals surface area contributed by atoms with Crippen LogP contribution in [-0.4, -0.2) is 7.11 Å². The number of hydrogen-bond donors (Lipinski definition) is 0. The van der Waals surface area contributed by atoms with Gasteiger partial charge in [0.05, 0.1) is 30.4 Å². The Morgan fingerprint density at radius 3 is 2.42 bits per heavy atom. The van der Waals surface area contributed by atoms with Crippen molar-refractivity contribution in [1.29, 1.82) is 10.5 Å². The number of ether oxygens (including phenoxy) is 2. The molecule has 0 bridgehead atoms. The lowest BCUT2D eigenvalue weighted by Crippen LogP contribution is -2.00. The topological polar surface area (TPSA) is 66.0 Å². The summed E-state index contributed by atoms with van der Waals surface area (Å²) in [6.07, 6.45) is 1.82. The largest absolute Gasteiger partial charge is 0.493 e. The van der Waals surface area contributed by atoms with Crippen molar-refractivity contribution in [3.8, 4) is 23.6 Å². The zero-order valence-electron chi connectivity index (χ0n) is 17.9. The number of allylic oxidation sites excluding steroid dienone is 1. The molecule has 33 heavy (non-hydrogen) atoms. The number of benzene rings is 4. The van der Waals surface area contributed by atoms with Crippen LogP contribution in [0.4, 0.5) is 0 Å². The molecule has 0 spiro atoms. The highest BCUT2D eigenvalue weighted by Crippen LogP contribution is 2.36. The van der Waals surface area contributed by atoms with E-state index in [1.165, 1.54) is 0 Å². The molecule has 0 aliphatic carbocycles. The molecular weight excluding hydrogens is 476 g/mol. The summed E-state index contributed by atoms with van der Waals surface area (Å²) in [7, 11) is 1.57. The molecule has 4 aromatic carbocycles. The van der Waals surface area contributed by atoms with E-state index in [0.29, 0.717) is 22.6 Å². The van der Waals surface area contributed by atoms with Gasteiger partial charge in [-0.05, 0) is 52.2 Å². The minimum absolute atomic E-state index is 0.238. The highest BCUT2D eigenvalue weighted by molar-refractivity contribution is 9.10. The van der Waals surface area contributed by atoms with Gasteiger partial charge >= 0.3 is 0 Å². The van der Waals surface area contributed by atoms with Crippen LogP contribution in [0.2, 0.25) is 0 Å². The normalized spacial score (nSPS) is 11.0. The van der Waals surface area contributed by atoms with Crippen LogP contribution < -0.4 is 9.47 Å². The number of rotatable bonds is 6. The van der Waals surface area contributed by atoms with Gasteiger partial charge in [-0.15, -0.1) is 0 Å². The van der Waals surface area contributed by atoms with Gasteiger partial charge in [0, 0.05) is 10.0 Å². The van der Waals surface area contributed by atoms with Crippen LogP contribution in [-0.2, 0) is 6.61 Å². The Balaban J connectivity index is 1.65. The first kappa shape index (κ1) is 22.1. The predicted molar refractivity (Wildman–Crippen MR) is 134 cm³/mol. The van der Waals surface area contributed by atoms with E-state index in [0.717, 1.165) is 31.9 Å². The minimum atomic E-state index is 0.238. The number of methoxy groups -OCH3 is 1. The Morgan fingerprint density at radius 2 is 1.67 bits per heavy atom. The first-order valence-corrected chi connectivity index (χ1v) is 11.0. The minimum Gasteiger partial charge on any atom is -0.493 e. The molecular formula is C28H19BrN2O2. The van der Waals surface area contributed by atoms with Gasteiger partial charge in [-0.3, -0.25) is 0 Å². The van der Waals surface area contributed by atoms with E-state index >= 15 is 0 Å². The van der Waals surface area contributed by atoms with Crippen molar-refractivity contribution in [2.24, 2.45) is 0 Å². The molecule has 0 saturated carbocycles. The molecule has 160 valence electrons. The van der Waals surface area contributed by atoms with Gasteiger partial charge in [0.25, 0.3) is 0 Å². The van der Waals surface area contributed by atoms with Gasteiger partial charge < -0.3 is 9.47 Å². The lowest BCUT2D eigenvalue weighted by atomic mass is 10.00. The Bertz CT molecular complexity index is 1440. The van der Waals surface area contributed by atoms with E-state index in [2.05, 4.69) is 28.1 Å². The van der Waals surface area contributed by atoms with Gasteiger partial charge in [0.2, 0.25) is 0 Å². The van der Waals surface area contributed by atoms with Crippen molar-refractivity contribution < 1.29 is 9.47 Å². The van der Waals surface area contributed by atoms with Crippen LogP contribution in [0.5, 0.6) is 11.5 Å². The Morgan fingerprint density at radius 1 is 0.909 bits per heavy atom. The molecule has 0 saturated heterocycles. The van der Waals surface area contributed by atoms with Crippen LogP contribution in [0.1, 0.15) is 22.3 Å². The third-order valence-corrected chi connectivity index (χ3v) is 5.97. The van der Waals surface area contributed by atoms with Crippen molar-refractivity contribution >= 4 is 38.4 Å². The van der Waals surface area contributed by atoms with E-state index in [1.54, 1.807) is 13.2 Å². The van der Waals surface area contributed by atoms with Gasteiger partial charge in [-0.25, -0.2) is 0 Å². The number of nitrogens with zero attached hydrogens (tertiary/aromatic N) is 2. The monoisotopic (exact) mass is 494 g/mol. The number of fused-ring (bicyclic) bond motifs is 1. The van der Waals surface area contributed by atoms with E-state index in [4.69, 9.17) is 9.47 Å². The fraction of sp³-hybridized carbons (Fsp3) is 0.0714. The zero-order chi connectivity index (χ0) is 23.2. The van der Waals surface area contributed by atoms with Gasteiger partial charge in [-0.1, -0.05) is 70.5 Å². The second kappa shape index (κ2) is 10.0. The van der Waals surface area contributed by atoms with Gasteiger partial charge in [0.15, 0.2) is 11.5 Å². The SMILES string of the molecule is COc1cc(/C=C(/C#N)c2ccc3ccccc3c2)c(Br)cc1OCc1ccccc1C#N. The van der Waals surface area contributed by atoms with E-state index in [9.17, 15) is 10.5 Å².